The Labute approximate surface area is 127 Å². The minimum atomic E-state index is -0.234. The molecular weight excluding hydrogens is 266 g/mol. The number of carbonyl (C=O) groups is 1. The van der Waals surface area contributed by atoms with Gasteiger partial charge in [0.2, 0.25) is 0 Å². The van der Waals surface area contributed by atoms with Crippen LogP contribution in [0.15, 0.2) is 36.4 Å². The van der Waals surface area contributed by atoms with Gasteiger partial charge in [-0.2, -0.15) is 0 Å². The zero-order valence-corrected chi connectivity index (χ0v) is 12.9. The van der Waals surface area contributed by atoms with Gasteiger partial charge in [0.15, 0.2) is 0 Å². The summed E-state index contributed by atoms with van der Waals surface area (Å²) in [6, 6.07) is 8.10. The first-order valence-corrected chi connectivity index (χ1v) is 7.34. The molecule has 0 bridgehead atoms. The maximum absolute atomic E-state index is 10.5. The van der Waals surface area contributed by atoms with Crippen LogP contribution in [0.5, 0.6) is 5.75 Å². The number of carbonyl (C=O) groups excluding carboxylic acids is 1. The third-order valence-corrected chi connectivity index (χ3v) is 3.01. The van der Waals surface area contributed by atoms with Crippen molar-refractivity contribution in [3.05, 3.63) is 42.0 Å². The molecule has 0 saturated heterocycles. The number of hydrogen-bond acceptors (Lipinski definition) is 4. The molecule has 1 rings (SSSR count). The number of unbranched alkanes of at least 4 members (excludes halogenated alkanes) is 2. The number of methoxy groups -OCH3 is 1. The molecule has 0 radical (unpaired) electrons. The maximum Gasteiger partial charge on any atom is 0.302 e. The first kappa shape index (κ1) is 17.2. The molecule has 0 amide bonds. The van der Waals surface area contributed by atoms with Crippen molar-refractivity contribution in [1.82, 2.24) is 5.32 Å². The Morgan fingerprint density at radius 1 is 1.19 bits per heavy atom. The molecule has 21 heavy (non-hydrogen) atoms. The minimum Gasteiger partial charge on any atom is -0.497 e. The maximum atomic E-state index is 10.5. The van der Waals surface area contributed by atoms with Crippen LogP contribution in [0, 0.1) is 0 Å². The molecule has 4 heteroatoms. The van der Waals surface area contributed by atoms with Crippen LogP contribution in [-0.2, 0) is 16.1 Å². The van der Waals surface area contributed by atoms with E-state index in [-0.39, 0.29) is 5.97 Å². The van der Waals surface area contributed by atoms with E-state index in [4.69, 9.17) is 9.47 Å². The van der Waals surface area contributed by atoms with Gasteiger partial charge in [0, 0.05) is 13.5 Å². The van der Waals surface area contributed by atoms with Gasteiger partial charge in [-0.1, -0.05) is 24.3 Å². The SMILES string of the molecule is COc1ccc(CNCCCC/C=C/COC(C)=O)cc1. The summed E-state index contributed by atoms with van der Waals surface area (Å²) in [6.07, 6.45) is 7.24. The van der Waals surface area contributed by atoms with Crippen molar-refractivity contribution >= 4 is 5.97 Å². The van der Waals surface area contributed by atoms with Gasteiger partial charge in [-0.05, 0) is 43.5 Å². The van der Waals surface area contributed by atoms with Crippen LogP contribution in [0.3, 0.4) is 0 Å². The highest BCUT2D eigenvalue weighted by molar-refractivity contribution is 5.65. The molecule has 0 aliphatic carbocycles. The summed E-state index contributed by atoms with van der Waals surface area (Å²) in [4.78, 5) is 10.5. The lowest BCUT2D eigenvalue weighted by Gasteiger charge is -2.05. The Kier molecular flexibility index (Phi) is 8.96. The number of ether oxygens (including phenoxy) is 2. The fourth-order valence-corrected chi connectivity index (χ4v) is 1.84. The fraction of sp³-hybridized carbons (Fsp3) is 0.471. The molecular formula is C17H25NO3. The van der Waals surface area contributed by atoms with Crippen molar-refractivity contribution in [2.45, 2.75) is 32.7 Å². The molecule has 0 heterocycles. The highest BCUT2D eigenvalue weighted by Crippen LogP contribution is 2.10. The summed E-state index contributed by atoms with van der Waals surface area (Å²) in [5.74, 6) is 0.654. The lowest BCUT2D eigenvalue weighted by Crippen LogP contribution is -2.14. The van der Waals surface area contributed by atoms with Gasteiger partial charge in [-0.15, -0.1) is 0 Å². The molecule has 0 fully saturated rings. The van der Waals surface area contributed by atoms with E-state index in [1.54, 1.807) is 7.11 Å². The van der Waals surface area contributed by atoms with E-state index >= 15 is 0 Å². The van der Waals surface area contributed by atoms with Crippen LogP contribution in [0.1, 0.15) is 31.7 Å². The Morgan fingerprint density at radius 2 is 1.95 bits per heavy atom. The standard InChI is InChI=1S/C17H25NO3/c1-15(19)21-13-7-5-3-4-6-12-18-14-16-8-10-17(20-2)11-9-16/h5,7-11,18H,3-4,6,12-14H2,1-2H3/b7-5+. The van der Waals surface area contributed by atoms with Crippen LogP contribution in [0.2, 0.25) is 0 Å². The summed E-state index contributed by atoms with van der Waals surface area (Å²) in [7, 11) is 1.67. The van der Waals surface area contributed by atoms with Crippen molar-refractivity contribution in [2.24, 2.45) is 0 Å². The van der Waals surface area contributed by atoms with Crippen molar-refractivity contribution in [3.8, 4) is 5.75 Å². The molecule has 1 N–H and O–H groups in total. The Bertz CT molecular complexity index is 426. The number of rotatable bonds is 10. The summed E-state index contributed by atoms with van der Waals surface area (Å²) >= 11 is 0. The Morgan fingerprint density at radius 3 is 2.62 bits per heavy atom. The van der Waals surface area contributed by atoms with E-state index < -0.39 is 0 Å². The van der Waals surface area contributed by atoms with Gasteiger partial charge in [-0.25, -0.2) is 0 Å². The third kappa shape index (κ3) is 8.87. The zero-order valence-electron chi connectivity index (χ0n) is 12.9. The second-order valence-corrected chi connectivity index (χ2v) is 4.79. The fourth-order valence-electron chi connectivity index (χ4n) is 1.84. The highest BCUT2D eigenvalue weighted by Gasteiger charge is 1.94. The first-order valence-electron chi connectivity index (χ1n) is 7.34. The van der Waals surface area contributed by atoms with Crippen LogP contribution >= 0.6 is 0 Å². The molecule has 0 aromatic heterocycles. The summed E-state index contributed by atoms with van der Waals surface area (Å²) in [6.45, 7) is 3.68. The van der Waals surface area contributed by atoms with E-state index in [1.165, 1.54) is 12.5 Å². The van der Waals surface area contributed by atoms with Crippen molar-refractivity contribution in [1.29, 1.82) is 0 Å². The zero-order chi connectivity index (χ0) is 15.3. The average molecular weight is 291 g/mol. The van der Waals surface area contributed by atoms with Gasteiger partial charge >= 0.3 is 5.97 Å². The molecule has 0 spiro atoms. The predicted octanol–water partition coefficient (Wildman–Crippen LogP) is 3.07. The number of esters is 1. The van der Waals surface area contributed by atoms with Gasteiger partial charge in [0.05, 0.1) is 7.11 Å². The summed E-state index contributed by atoms with van der Waals surface area (Å²) in [5.41, 5.74) is 1.26. The first-order chi connectivity index (χ1) is 10.2. The number of hydrogen-bond donors (Lipinski definition) is 1. The average Bonchev–Trinajstić information content (AvgIpc) is 2.49. The minimum absolute atomic E-state index is 0.234. The van der Waals surface area contributed by atoms with Crippen molar-refractivity contribution in [3.63, 3.8) is 0 Å². The van der Waals surface area contributed by atoms with E-state index in [2.05, 4.69) is 23.5 Å². The number of benzene rings is 1. The smallest absolute Gasteiger partial charge is 0.302 e. The van der Waals surface area contributed by atoms with E-state index in [9.17, 15) is 4.79 Å². The lowest BCUT2D eigenvalue weighted by molar-refractivity contribution is -0.139. The van der Waals surface area contributed by atoms with Gasteiger partial charge in [-0.3, -0.25) is 4.79 Å². The number of nitrogens with one attached hydrogen (secondary N) is 1. The largest absolute Gasteiger partial charge is 0.497 e. The molecule has 0 aliphatic rings. The van der Waals surface area contributed by atoms with Gasteiger partial charge in [0.25, 0.3) is 0 Å². The predicted molar refractivity (Wildman–Crippen MR) is 84.3 cm³/mol. The van der Waals surface area contributed by atoms with Crippen LogP contribution in [0.25, 0.3) is 0 Å². The molecule has 0 saturated carbocycles. The summed E-state index contributed by atoms with van der Waals surface area (Å²) < 4.78 is 9.93. The van der Waals surface area contributed by atoms with Crippen molar-refractivity contribution < 1.29 is 14.3 Å². The van der Waals surface area contributed by atoms with Crippen LogP contribution < -0.4 is 10.1 Å². The normalized spacial score (nSPS) is 10.8. The van der Waals surface area contributed by atoms with Crippen LogP contribution in [0.4, 0.5) is 0 Å². The quantitative estimate of drug-likeness (QED) is 0.409. The van der Waals surface area contributed by atoms with Gasteiger partial charge < -0.3 is 14.8 Å². The van der Waals surface area contributed by atoms with E-state index in [1.807, 2.05) is 18.2 Å². The van der Waals surface area contributed by atoms with E-state index in [0.717, 1.165) is 38.1 Å². The van der Waals surface area contributed by atoms with Crippen molar-refractivity contribution in [2.75, 3.05) is 20.3 Å². The summed E-state index contributed by atoms with van der Waals surface area (Å²) in [5, 5.41) is 3.42. The third-order valence-electron chi connectivity index (χ3n) is 3.01. The monoisotopic (exact) mass is 291 g/mol. The molecule has 4 nitrogen and oxygen atoms in total. The van der Waals surface area contributed by atoms with Crippen LogP contribution in [-0.4, -0.2) is 26.2 Å². The molecule has 0 atom stereocenters. The molecule has 1 aromatic carbocycles. The highest BCUT2D eigenvalue weighted by atomic mass is 16.5. The second kappa shape index (κ2) is 10.9. The Hall–Kier alpha value is -1.81. The molecule has 0 aliphatic heterocycles. The van der Waals surface area contributed by atoms with E-state index in [0.29, 0.717) is 6.61 Å². The second-order valence-electron chi connectivity index (χ2n) is 4.79. The lowest BCUT2D eigenvalue weighted by atomic mass is 10.2. The Balaban J connectivity index is 1.98. The van der Waals surface area contributed by atoms with Gasteiger partial charge in [0.1, 0.15) is 12.4 Å². The molecule has 0 unspecified atom stereocenters. The molecule has 116 valence electrons. The number of allylic oxidation sites excluding steroid dienone is 1. The topological polar surface area (TPSA) is 47.6 Å². The molecule has 1 aromatic rings.